The molecule has 1 aliphatic heterocycles. The molecule has 1 aliphatic rings. The lowest BCUT2D eigenvalue weighted by Gasteiger charge is -2.30. The van der Waals surface area contributed by atoms with Crippen LogP contribution in [0.1, 0.15) is 17.5 Å². The van der Waals surface area contributed by atoms with Gasteiger partial charge < -0.3 is 19.9 Å². The number of hydrogen-bond donors (Lipinski definition) is 1. The number of thiocarbonyl (C=S) groups is 1. The zero-order valence-electron chi connectivity index (χ0n) is 18.7. The first-order chi connectivity index (χ1) is 14.9. The van der Waals surface area contributed by atoms with Crippen molar-refractivity contribution in [2.45, 2.75) is 19.9 Å². The Hall–Kier alpha value is -1.86. The van der Waals surface area contributed by atoms with Gasteiger partial charge in [-0.2, -0.15) is 0 Å². The predicted molar refractivity (Wildman–Crippen MR) is 135 cm³/mol. The molecule has 5 nitrogen and oxygen atoms in total. The third kappa shape index (κ3) is 7.35. The Morgan fingerprint density at radius 1 is 1.13 bits per heavy atom. The average molecular weight is 461 g/mol. The fourth-order valence-corrected chi connectivity index (χ4v) is 4.01. The summed E-state index contributed by atoms with van der Waals surface area (Å²) in [6, 6.07) is 14.6. The number of hydrogen-bond acceptors (Lipinski definition) is 4. The van der Waals surface area contributed by atoms with Crippen LogP contribution < -0.4 is 10.2 Å². The lowest BCUT2D eigenvalue weighted by molar-refractivity contribution is 0.0368. The highest BCUT2D eigenvalue weighted by molar-refractivity contribution is 7.80. The molecule has 0 radical (unpaired) electrons. The normalized spacial score (nSPS) is 14.3. The largest absolute Gasteiger partial charge is 0.379 e. The second kappa shape index (κ2) is 11.7. The number of nitrogens with one attached hydrogen (secondary N) is 1. The molecule has 0 unspecified atom stereocenters. The molecule has 1 N–H and O–H groups in total. The van der Waals surface area contributed by atoms with Gasteiger partial charge in [0.1, 0.15) is 0 Å². The number of halogens is 1. The van der Waals surface area contributed by atoms with Crippen molar-refractivity contribution in [3.8, 4) is 0 Å². The molecule has 0 amide bonds. The van der Waals surface area contributed by atoms with Gasteiger partial charge in [-0.05, 0) is 61.0 Å². The molecule has 2 aromatic carbocycles. The van der Waals surface area contributed by atoms with Crippen molar-refractivity contribution in [3.05, 3.63) is 58.6 Å². The fraction of sp³-hybridized carbons (Fsp3) is 0.458. The Kier molecular flexibility index (Phi) is 8.96. The standard InChI is InChI=1S/C24H33ClN4OS/c1-19-5-8-21(17-23(19)25)26-24(31)29(12-4-11-28-13-15-30-16-14-28)18-20-6-9-22(10-7-20)27(2)3/h5-10,17H,4,11-16,18H2,1-3H3,(H,26,31). The molecule has 2 aromatic rings. The number of ether oxygens (including phenoxy) is 1. The van der Waals surface area contributed by atoms with Gasteiger partial charge in [0, 0.05) is 63.2 Å². The molecule has 0 atom stereocenters. The Morgan fingerprint density at radius 3 is 2.48 bits per heavy atom. The third-order valence-corrected chi connectivity index (χ3v) is 6.31. The first-order valence-electron chi connectivity index (χ1n) is 10.8. The van der Waals surface area contributed by atoms with Crippen LogP contribution in [0.3, 0.4) is 0 Å². The molecule has 168 valence electrons. The van der Waals surface area contributed by atoms with Gasteiger partial charge in [0.25, 0.3) is 0 Å². The summed E-state index contributed by atoms with van der Waals surface area (Å²) in [5.41, 5.74) is 4.41. The SMILES string of the molecule is Cc1ccc(NC(=S)N(CCCN2CCOCC2)Cc2ccc(N(C)C)cc2)cc1Cl. The van der Waals surface area contributed by atoms with E-state index in [1.54, 1.807) is 0 Å². The van der Waals surface area contributed by atoms with E-state index in [1.807, 2.05) is 25.1 Å². The van der Waals surface area contributed by atoms with Gasteiger partial charge in [0.15, 0.2) is 5.11 Å². The monoisotopic (exact) mass is 460 g/mol. The van der Waals surface area contributed by atoms with Crippen molar-refractivity contribution in [2.75, 3.05) is 63.7 Å². The zero-order valence-corrected chi connectivity index (χ0v) is 20.3. The Bertz CT molecular complexity index is 853. The van der Waals surface area contributed by atoms with Gasteiger partial charge in [0.05, 0.1) is 13.2 Å². The second-order valence-corrected chi connectivity index (χ2v) is 8.98. The van der Waals surface area contributed by atoms with Gasteiger partial charge in [-0.3, -0.25) is 4.90 Å². The van der Waals surface area contributed by atoms with E-state index < -0.39 is 0 Å². The van der Waals surface area contributed by atoms with Crippen LogP contribution in [0.15, 0.2) is 42.5 Å². The average Bonchev–Trinajstić information content (AvgIpc) is 2.76. The maximum absolute atomic E-state index is 6.30. The van der Waals surface area contributed by atoms with Crippen LogP contribution in [-0.4, -0.2) is 68.4 Å². The van der Waals surface area contributed by atoms with Crippen LogP contribution in [0.4, 0.5) is 11.4 Å². The minimum atomic E-state index is 0.721. The minimum absolute atomic E-state index is 0.721. The molecule has 0 aromatic heterocycles. The van der Waals surface area contributed by atoms with E-state index in [0.29, 0.717) is 0 Å². The lowest BCUT2D eigenvalue weighted by atomic mass is 10.2. The summed E-state index contributed by atoms with van der Waals surface area (Å²) in [4.78, 5) is 6.81. The molecule has 0 bridgehead atoms. The first kappa shape index (κ1) is 23.8. The van der Waals surface area contributed by atoms with Crippen molar-refractivity contribution < 1.29 is 4.74 Å². The van der Waals surface area contributed by atoms with Gasteiger partial charge in [-0.1, -0.05) is 29.8 Å². The van der Waals surface area contributed by atoms with Crippen molar-refractivity contribution in [2.24, 2.45) is 0 Å². The van der Waals surface area contributed by atoms with E-state index in [9.17, 15) is 0 Å². The van der Waals surface area contributed by atoms with E-state index >= 15 is 0 Å². The highest BCUT2D eigenvalue weighted by atomic mass is 35.5. The second-order valence-electron chi connectivity index (χ2n) is 8.18. The van der Waals surface area contributed by atoms with Gasteiger partial charge in [-0.25, -0.2) is 0 Å². The highest BCUT2D eigenvalue weighted by Crippen LogP contribution is 2.21. The number of aryl methyl sites for hydroxylation is 1. The molecule has 7 heteroatoms. The molecule has 1 fully saturated rings. The van der Waals surface area contributed by atoms with Crippen LogP contribution >= 0.6 is 23.8 Å². The lowest BCUT2D eigenvalue weighted by Crippen LogP contribution is -2.40. The van der Waals surface area contributed by atoms with Crippen LogP contribution in [0.25, 0.3) is 0 Å². The molecule has 1 heterocycles. The van der Waals surface area contributed by atoms with Crippen LogP contribution in [0.5, 0.6) is 0 Å². The molecule has 31 heavy (non-hydrogen) atoms. The summed E-state index contributed by atoms with van der Waals surface area (Å²) in [5.74, 6) is 0. The van der Waals surface area contributed by atoms with Crippen molar-refractivity contribution in [1.29, 1.82) is 0 Å². The van der Waals surface area contributed by atoms with Crippen molar-refractivity contribution in [3.63, 3.8) is 0 Å². The van der Waals surface area contributed by atoms with Gasteiger partial charge >= 0.3 is 0 Å². The quantitative estimate of drug-likeness (QED) is 0.578. The highest BCUT2D eigenvalue weighted by Gasteiger charge is 2.14. The fourth-order valence-electron chi connectivity index (χ4n) is 3.56. The Balaban J connectivity index is 1.65. The van der Waals surface area contributed by atoms with E-state index in [1.165, 1.54) is 11.3 Å². The summed E-state index contributed by atoms with van der Waals surface area (Å²) in [5, 5.41) is 4.84. The van der Waals surface area contributed by atoms with Crippen molar-refractivity contribution in [1.82, 2.24) is 9.80 Å². The van der Waals surface area contributed by atoms with E-state index in [0.717, 1.165) is 73.7 Å². The number of nitrogens with zero attached hydrogens (tertiary/aromatic N) is 3. The van der Waals surface area contributed by atoms with Gasteiger partial charge in [-0.15, -0.1) is 0 Å². The summed E-state index contributed by atoms with van der Waals surface area (Å²) in [6.07, 6.45) is 1.05. The Labute approximate surface area is 196 Å². The molecule has 3 rings (SSSR count). The zero-order chi connectivity index (χ0) is 22.2. The van der Waals surface area contributed by atoms with E-state index in [-0.39, 0.29) is 0 Å². The van der Waals surface area contributed by atoms with Gasteiger partial charge in [0.2, 0.25) is 0 Å². The summed E-state index contributed by atoms with van der Waals surface area (Å²) in [7, 11) is 4.11. The number of morpholine rings is 1. The van der Waals surface area contributed by atoms with E-state index in [2.05, 4.69) is 58.4 Å². The number of rotatable bonds is 8. The number of anilines is 2. The predicted octanol–water partition coefficient (Wildman–Crippen LogP) is 4.64. The molecule has 0 saturated carbocycles. The van der Waals surface area contributed by atoms with Crippen LogP contribution in [0.2, 0.25) is 5.02 Å². The third-order valence-electron chi connectivity index (χ3n) is 5.54. The van der Waals surface area contributed by atoms with Crippen molar-refractivity contribution >= 4 is 40.3 Å². The smallest absolute Gasteiger partial charge is 0.173 e. The maximum Gasteiger partial charge on any atom is 0.173 e. The molecule has 0 aliphatic carbocycles. The topological polar surface area (TPSA) is 31.0 Å². The molecular weight excluding hydrogens is 428 g/mol. The Morgan fingerprint density at radius 2 is 1.84 bits per heavy atom. The number of benzene rings is 2. The minimum Gasteiger partial charge on any atom is -0.379 e. The summed E-state index contributed by atoms with van der Waals surface area (Å²) < 4.78 is 5.46. The van der Waals surface area contributed by atoms with Crippen LogP contribution in [0, 0.1) is 6.92 Å². The summed E-state index contributed by atoms with van der Waals surface area (Å²) in [6.45, 7) is 8.39. The molecule has 1 saturated heterocycles. The summed E-state index contributed by atoms with van der Waals surface area (Å²) >= 11 is 12.1. The molecule has 0 spiro atoms. The van der Waals surface area contributed by atoms with E-state index in [4.69, 9.17) is 28.6 Å². The molecular formula is C24H33ClN4OS. The van der Waals surface area contributed by atoms with Crippen LogP contribution in [-0.2, 0) is 11.3 Å². The first-order valence-corrected chi connectivity index (χ1v) is 11.6. The maximum atomic E-state index is 6.30.